The van der Waals surface area contributed by atoms with Crippen LogP contribution in [0.5, 0.6) is 5.75 Å². The molecule has 0 amide bonds. The van der Waals surface area contributed by atoms with Crippen molar-refractivity contribution < 1.29 is 32.5 Å². The van der Waals surface area contributed by atoms with Crippen LogP contribution >= 0.6 is 0 Å². The number of alkyl halides is 3. The zero-order chi connectivity index (χ0) is 22.6. The first-order chi connectivity index (χ1) is 14.7. The van der Waals surface area contributed by atoms with Gasteiger partial charge in [0.15, 0.2) is 6.10 Å². The largest absolute Gasteiger partial charge is 0.487 e. The Balaban J connectivity index is 1.64. The molecule has 6 nitrogen and oxygen atoms in total. The summed E-state index contributed by atoms with van der Waals surface area (Å²) in [6, 6.07) is 13.6. The summed E-state index contributed by atoms with van der Waals surface area (Å²) < 4.78 is 50.5. The lowest BCUT2D eigenvalue weighted by molar-refractivity contribution is -0.148. The summed E-state index contributed by atoms with van der Waals surface area (Å²) in [4.78, 5) is 11.1. The van der Waals surface area contributed by atoms with E-state index in [0.29, 0.717) is 17.0 Å². The average molecular weight is 434 g/mol. The number of rotatable bonds is 8. The molecular weight excluding hydrogens is 413 g/mol. The molecule has 3 rings (SSSR count). The third-order valence-corrected chi connectivity index (χ3v) is 4.78. The number of halogens is 3. The van der Waals surface area contributed by atoms with Crippen molar-refractivity contribution in [2.45, 2.75) is 25.3 Å². The predicted molar refractivity (Wildman–Crippen MR) is 107 cm³/mol. The molecule has 0 spiro atoms. The molecule has 0 aliphatic carbocycles. The maximum absolute atomic E-state index is 12.7. The van der Waals surface area contributed by atoms with Gasteiger partial charge in [-0.05, 0) is 35.9 Å². The fourth-order valence-electron chi connectivity index (χ4n) is 2.98. The van der Waals surface area contributed by atoms with Gasteiger partial charge in [0.25, 0.3) is 0 Å². The normalized spacial score (nSPS) is 12.5. The van der Waals surface area contributed by atoms with Crippen LogP contribution in [0.25, 0.3) is 11.3 Å². The Hall–Kier alpha value is -3.33. The van der Waals surface area contributed by atoms with Crippen molar-refractivity contribution in [3.8, 4) is 17.0 Å². The number of benzene rings is 2. The van der Waals surface area contributed by atoms with Crippen molar-refractivity contribution in [1.29, 1.82) is 0 Å². The highest BCUT2D eigenvalue weighted by Gasteiger charge is 2.30. The molecule has 0 radical (unpaired) electrons. The van der Waals surface area contributed by atoms with E-state index < -0.39 is 23.8 Å². The minimum atomic E-state index is -4.38. The zero-order valence-corrected chi connectivity index (χ0v) is 16.9. The quantitative estimate of drug-likeness (QED) is 0.572. The van der Waals surface area contributed by atoms with Crippen LogP contribution in [0.1, 0.15) is 16.8 Å². The fraction of sp³-hybridized carbons (Fsp3) is 0.273. The maximum Gasteiger partial charge on any atom is 0.416 e. The SMILES string of the molecule is CO[C@@H](Cc1ccc(OCc2cc(-c3ccc(C(F)(F)F)cc3)nn2C)cc1)C(=O)O. The van der Waals surface area contributed by atoms with Crippen LogP contribution < -0.4 is 4.74 Å². The van der Waals surface area contributed by atoms with E-state index in [0.717, 1.165) is 23.4 Å². The van der Waals surface area contributed by atoms with Gasteiger partial charge in [-0.1, -0.05) is 24.3 Å². The van der Waals surface area contributed by atoms with Gasteiger partial charge in [0.2, 0.25) is 0 Å². The summed E-state index contributed by atoms with van der Waals surface area (Å²) >= 11 is 0. The van der Waals surface area contributed by atoms with Crippen LogP contribution in [0.2, 0.25) is 0 Å². The second-order valence-corrected chi connectivity index (χ2v) is 6.92. The predicted octanol–water partition coefficient (Wildman–Crippen LogP) is 4.33. The average Bonchev–Trinajstić information content (AvgIpc) is 3.11. The number of aryl methyl sites for hydroxylation is 1. The minimum Gasteiger partial charge on any atom is -0.487 e. The first-order valence-corrected chi connectivity index (χ1v) is 9.35. The van der Waals surface area contributed by atoms with Crippen molar-refractivity contribution in [1.82, 2.24) is 9.78 Å². The Kier molecular flexibility index (Phi) is 6.65. The van der Waals surface area contributed by atoms with Gasteiger partial charge in [-0.2, -0.15) is 18.3 Å². The molecule has 0 fully saturated rings. The number of hydrogen-bond donors (Lipinski definition) is 1. The van der Waals surface area contributed by atoms with E-state index >= 15 is 0 Å². The van der Waals surface area contributed by atoms with E-state index in [2.05, 4.69) is 5.10 Å². The third-order valence-electron chi connectivity index (χ3n) is 4.78. The number of hydrogen-bond acceptors (Lipinski definition) is 4. The Bertz CT molecular complexity index is 1030. The molecule has 0 aliphatic rings. The van der Waals surface area contributed by atoms with Crippen LogP contribution in [0, 0.1) is 0 Å². The molecule has 1 N–H and O–H groups in total. The molecule has 9 heteroatoms. The summed E-state index contributed by atoms with van der Waals surface area (Å²) in [5.74, 6) is -0.437. The molecule has 0 saturated heterocycles. The second kappa shape index (κ2) is 9.22. The number of carboxylic acid groups (broad SMARTS) is 1. The lowest BCUT2D eigenvalue weighted by Crippen LogP contribution is -2.24. The molecule has 0 aliphatic heterocycles. The van der Waals surface area contributed by atoms with Crippen LogP contribution in [0.15, 0.2) is 54.6 Å². The summed E-state index contributed by atoms with van der Waals surface area (Å²) in [5, 5.41) is 13.4. The smallest absolute Gasteiger partial charge is 0.416 e. The number of carboxylic acids is 1. The van der Waals surface area contributed by atoms with Crippen LogP contribution in [0.3, 0.4) is 0 Å². The number of ether oxygens (including phenoxy) is 2. The molecule has 2 aromatic carbocycles. The summed E-state index contributed by atoms with van der Waals surface area (Å²) in [7, 11) is 3.08. The van der Waals surface area contributed by atoms with Crippen LogP contribution in [0.4, 0.5) is 13.2 Å². The maximum atomic E-state index is 12.7. The molecule has 164 valence electrons. The summed E-state index contributed by atoms with van der Waals surface area (Å²) in [6.07, 6.45) is -5.05. The number of aliphatic carboxylic acids is 1. The van der Waals surface area contributed by atoms with Gasteiger partial charge in [-0.15, -0.1) is 0 Å². The van der Waals surface area contributed by atoms with E-state index in [4.69, 9.17) is 14.6 Å². The van der Waals surface area contributed by atoms with Crippen molar-refractivity contribution in [2.75, 3.05) is 7.11 Å². The first-order valence-electron chi connectivity index (χ1n) is 9.35. The van der Waals surface area contributed by atoms with Crippen molar-refractivity contribution in [2.24, 2.45) is 7.05 Å². The van der Waals surface area contributed by atoms with Crippen molar-refractivity contribution >= 4 is 5.97 Å². The number of methoxy groups -OCH3 is 1. The molecule has 0 bridgehead atoms. The molecule has 1 atom stereocenters. The van der Waals surface area contributed by atoms with E-state index in [1.165, 1.54) is 19.2 Å². The standard InChI is InChI=1S/C22H21F3N2O4/c1-27-17(12-19(26-27)15-5-7-16(8-6-15)22(23,24)25)13-31-18-9-3-14(4-10-18)11-20(30-2)21(28)29/h3-10,12,20H,11,13H2,1-2H3,(H,28,29)/t20-/m0/s1. The van der Waals surface area contributed by atoms with Gasteiger partial charge in [-0.25, -0.2) is 4.79 Å². The topological polar surface area (TPSA) is 73.6 Å². The lowest BCUT2D eigenvalue weighted by atomic mass is 10.1. The van der Waals surface area contributed by atoms with E-state index in [-0.39, 0.29) is 13.0 Å². The van der Waals surface area contributed by atoms with Crippen LogP contribution in [-0.2, 0) is 35.8 Å². The highest BCUT2D eigenvalue weighted by Crippen LogP contribution is 2.31. The fourth-order valence-corrected chi connectivity index (χ4v) is 2.98. The Morgan fingerprint density at radius 3 is 2.32 bits per heavy atom. The van der Waals surface area contributed by atoms with Gasteiger partial charge >= 0.3 is 12.1 Å². The molecule has 0 saturated carbocycles. The number of aromatic nitrogens is 2. The third kappa shape index (κ3) is 5.64. The minimum absolute atomic E-state index is 0.208. The Morgan fingerprint density at radius 2 is 1.77 bits per heavy atom. The van der Waals surface area contributed by atoms with E-state index in [1.54, 1.807) is 42.1 Å². The lowest BCUT2D eigenvalue weighted by Gasteiger charge is -2.11. The number of carbonyl (C=O) groups is 1. The molecule has 3 aromatic rings. The van der Waals surface area contributed by atoms with Crippen molar-refractivity contribution in [3.63, 3.8) is 0 Å². The van der Waals surface area contributed by atoms with Gasteiger partial charge in [0.1, 0.15) is 12.4 Å². The monoisotopic (exact) mass is 434 g/mol. The Labute approximate surface area is 176 Å². The van der Waals surface area contributed by atoms with Gasteiger partial charge in [0.05, 0.1) is 17.0 Å². The van der Waals surface area contributed by atoms with Crippen molar-refractivity contribution in [3.05, 3.63) is 71.4 Å². The summed E-state index contributed by atoms with van der Waals surface area (Å²) in [5.41, 5.74) is 1.95. The molecule has 0 unspecified atom stereocenters. The van der Waals surface area contributed by atoms with Gasteiger partial charge in [0, 0.05) is 26.1 Å². The van der Waals surface area contributed by atoms with E-state index in [1.807, 2.05) is 0 Å². The second-order valence-electron chi connectivity index (χ2n) is 6.92. The highest BCUT2D eigenvalue weighted by atomic mass is 19.4. The van der Waals surface area contributed by atoms with Gasteiger partial charge < -0.3 is 14.6 Å². The van der Waals surface area contributed by atoms with Gasteiger partial charge in [-0.3, -0.25) is 4.68 Å². The zero-order valence-electron chi connectivity index (χ0n) is 16.9. The molecule has 31 heavy (non-hydrogen) atoms. The molecule has 1 heterocycles. The first kappa shape index (κ1) is 22.4. The Morgan fingerprint density at radius 1 is 1.13 bits per heavy atom. The highest BCUT2D eigenvalue weighted by molar-refractivity contribution is 5.72. The van der Waals surface area contributed by atoms with Crippen LogP contribution in [-0.4, -0.2) is 34.1 Å². The molecule has 1 aromatic heterocycles. The number of nitrogens with zero attached hydrogens (tertiary/aromatic N) is 2. The van der Waals surface area contributed by atoms with E-state index in [9.17, 15) is 18.0 Å². The summed E-state index contributed by atoms with van der Waals surface area (Å²) in [6.45, 7) is 0.208. The molecular formula is C22H21F3N2O4.